The smallest absolute Gasteiger partial charge is 0.147 e. The van der Waals surface area contributed by atoms with Crippen molar-refractivity contribution in [1.82, 2.24) is 0 Å². The van der Waals surface area contributed by atoms with Crippen molar-refractivity contribution < 1.29 is 9.47 Å². The molecule has 5 heteroatoms. The summed E-state index contributed by atoms with van der Waals surface area (Å²) in [6, 6.07) is 12.0. The van der Waals surface area contributed by atoms with Crippen molar-refractivity contribution in [3.05, 3.63) is 50.9 Å². The first kappa shape index (κ1) is 16.2. The Labute approximate surface area is 141 Å². The zero-order valence-electron chi connectivity index (χ0n) is 12.0. The number of halogens is 2. The quantitative estimate of drug-likeness (QED) is 0.701. The van der Waals surface area contributed by atoms with Crippen LogP contribution in [0, 0.1) is 0 Å². The summed E-state index contributed by atoms with van der Waals surface area (Å²) in [6.07, 6.45) is 0. The van der Waals surface area contributed by atoms with Gasteiger partial charge in [-0.05, 0) is 80.7 Å². The molecule has 0 aliphatic rings. The van der Waals surface area contributed by atoms with Crippen LogP contribution in [0.25, 0.3) is 0 Å². The van der Waals surface area contributed by atoms with E-state index in [1.807, 2.05) is 43.3 Å². The lowest BCUT2D eigenvalue weighted by molar-refractivity contribution is 0.340. The molecule has 0 aromatic heterocycles. The monoisotopic (exact) mass is 413 g/mol. The van der Waals surface area contributed by atoms with Gasteiger partial charge >= 0.3 is 0 Å². The van der Waals surface area contributed by atoms with E-state index < -0.39 is 0 Å². The normalized spacial score (nSPS) is 10.3. The summed E-state index contributed by atoms with van der Waals surface area (Å²) in [6.45, 7) is 3.39. The van der Waals surface area contributed by atoms with Gasteiger partial charge in [0.2, 0.25) is 0 Å². The first-order valence-corrected chi connectivity index (χ1v) is 8.21. The van der Waals surface area contributed by atoms with Crippen molar-refractivity contribution in [2.45, 2.75) is 13.5 Å². The molecule has 0 fully saturated rings. The topological polar surface area (TPSA) is 30.5 Å². The van der Waals surface area contributed by atoms with Gasteiger partial charge in [0.05, 0.1) is 22.7 Å². The first-order chi connectivity index (χ1) is 10.1. The minimum atomic E-state index is 0.681. The van der Waals surface area contributed by atoms with Gasteiger partial charge in [-0.2, -0.15) is 0 Å². The van der Waals surface area contributed by atoms with Crippen LogP contribution in [-0.4, -0.2) is 13.7 Å². The molecule has 2 aromatic carbocycles. The Morgan fingerprint density at radius 1 is 1.05 bits per heavy atom. The van der Waals surface area contributed by atoms with E-state index in [0.717, 1.165) is 38.2 Å². The van der Waals surface area contributed by atoms with Crippen LogP contribution < -0.4 is 14.8 Å². The molecular formula is C16H17Br2NO2. The number of anilines is 1. The van der Waals surface area contributed by atoms with Crippen molar-refractivity contribution in [2.75, 3.05) is 19.0 Å². The number of benzene rings is 2. The number of ether oxygens (including phenoxy) is 2. The van der Waals surface area contributed by atoms with Crippen LogP contribution in [0.4, 0.5) is 5.69 Å². The van der Waals surface area contributed by atoms with E-state index in [4.69, 9.17) is 9.47 Å². The SMILES string of the molecule is CCOc1ccc(NCc2cc(Br)c(OC)c(Br)c2)cc1. The third-order valence-electron chi connectivity index (χ3n) is 2.92. The molecule has 3 nitrogen and oxygen atoms in total. The van der Waals surface area contributed by atoms with E-state index in [-0.39, 0.29) is 0 Å². The van der Waals surface area contributed by atoms with E-state index >= 15 is 0 Å². The molecule has 2 aromatic rings. The first-order valence-electron chi connectivity index (χ1n) is 6.62. The zero-order valence-corrected chi connectivity index (χ0v) is 15.1. The highest BCUT2D eigenvalue weighted by Crippen LogP contribution is 2.34. The predicted octanol–water partition coefficient (Wildman–Crippen LogP) is 5.23. The van der Waals surface area contributed by atoms with Gasteiger partial charge in [0, 0.05) is 12.2 Å². The summed E-state index contributed by atoms with van der Waals surface area (Å²) in [5.74, 6) is 1.69. The Kier molecular flexibility index (Phi) is 5.94. The number of nitrogens with one attached hydrogen (secondary N) is 1. The van der Waals surface area contributed by atoms with E-state index in [1.54, 1.807) is 7.11 Å². The molecule has 0 bridgehead atoms. The van der Waals surface area contributed by atoms with Gasteiger partial charge in [-0.1, -0.05) is 0 Å². The van der Waals surface area contributed by atoms with Gasteiger partial charge < -0.3 is 14.8 Å². The van der Waals surface area contributed by atoms with Crippen LogP contribution >= 0.6 is 31.9 Å². The lowest BCUT2D eigenvalue weighted by Gasteiger charge is -2.11. The standard InChI is InChI=1S/C16H17Br2NO2/c1-3-21-13-6-4-12(5-7-13)19-10-11-8-14(17)16(20-2)15(18)9-11/h4-9,19H,3,10H2,1-2H3. The second kappa shape index (κ2) is 7.71. The highest BCUT2D eigenvalue weighted by molar-refractivity contribution is 9.11. The van der Waals surface area contributed by atoms with Crippen molar-refractivity contribution in [2.24, 2.45) is 0 Å². The predicted molar refractivity (Wildman–Crippen MR) is 93.3 cm³/mol. The summed E-state index contributed by atoms with van der Waals surface area (Å²) < 4.78 is 12.6. The third-order valence-corrected chi connectivity index (χ3v) is 4.10. The molecule has 0 unspecified atom stereocenters. The van der Waals surface area contributed by atoms with Crippen LogP contribution in [0.3, 0.4) is 0 Å². The third kappa shape index (κ3) is 4.38. The average Bonchev–Trinajstić information content (AvgIpc) is 2.47. The minimum Gasteiger partial charge on any atom is -0.494 e. The maximum absolute atomic E-state index is 5.43. The molecule has 0 amide bonds. The zero-order chi connectivity index (χ0) is 15.2. The van der Waals surface area contributed by atoms with Gasteiger partial charge in [-0.3, -0.25) is 0 Å². The molecule has 0 aliphatic heterocycles. The number of rotatable bonds is 6. The van der Waals surface area contributed by atoms with Crippen LogP contribution in [0.15, 0.2) is 45.3 Å². The van der Waals surface area contributed by atoms with Crippen molar-refractivity contribution in [3.8, 4) is 11.5 Å². The lowest BCUT2D eigenvalue weighted by atomic mass is 10.2. The van der Waals surface area contributed by atoms with Crippen molar-refractivity contribution >= 4 is 37.5 Å². The summed E-state index contributed by atoms with van der Waals surface area (Å²) in [7, 11) is 1.66. The molecule has 0 saturated heterocycles. The molecule has 1 N–H and O–H groups in total. The number of methoxy groups -OCH3 is 1. The van der Waals surface area contributed by atoms with Crippen molar-refractivity contribution in [3.63, 3.8) is 0 Å². The maximum Gasteiger partial charge on any atom is 0.147 e. The minimum absolute atomic E-state index is 0.681. The van der Waals surface area contributed by atoms with E-state index in [9.17, 15) is 0 Å². The Balaban J connectivity index is 2.02. The molecule has 0 spiro atoms. The van der Waals surface area contributed by atoms with Crippen LogP contribution in [0.5, 0.6) is 11.5 Å². The van der Waals surface area contributed by atoms with Crippen LogP contribution in [0.2, 0.25) is 0 Å². The molecule has 2 rings (SSSR count). The Morgan fingerprint density at radius 2 is 1.67 bits per heavy atom. The highest BCUT2D eigenvalue weighted by Gasteiger charge is 2.07. The highest BCUT2D eigenvalue weighted by atomic mass is 79.9. The molecule has 0 heterocycles. The summed E-state index contributed by atoms with van der Waals surface area (Å²) in [5.41, 5.74) is 2.21. The largest absolute Gasteiger partial charge is 0.494 e. The van der Waals surface area contributed by atoms with Gasteiger partial charge in [-0.15, -0.1) is 0 Å². The second-order valence-electron chi connectivity index (χ2n) is 4.40. The molecule has 21 heavy (non-hydrogen) atoms. The van der Waals surface area contributed by atoms with Gasteiger partial charge in [0.1, 0.15) is 11.5 Å². The lowest BCUT2D eigenvalue weighted by Crippen LogP contribution is -2.00. The molecule has 0 radical (unpaired) electrons. The summed E-state index contributed by atoms with van der Waals surface area (Å²) in [5, 5.41) is 3.38. The van der Waals surface area contributed by atoms with E-state index in [1.165, 1.54) is 0 Å². The van der Waals surface area contributed by atoms with Crippen LogP contribution in [0.1, 0.15) is 12.5 Å². The summed E-state index contributed by atoms with van der Waals surface area (Å²) in [4.78, 5) is 0. The maximum atomic E-state index is 5.43. The van der Waals surface area contributed by atoms with E-state index in [2.05, 4.69) is 37.2 Å². The molecule has 0 atom stereocenters. The average molecular weight is 415 g/mol. The fraction of sp³-hybridized carbons (Fsp3) is 0.250. The Bertz CT molecular complexity index is 577. The Hall–Kier alpha value is -1.20. The fourth-order valence-corrected chi connectivity index (χ4v) is 3.55. The van der Waals surface area contributed by atoms with Crippen LogP contribution in [-0.2, 0) is 6.54 Å². The Morgan fingerprint density at radius 3 is 2.19 bits per heavy atom. The number of hydrogen-bond acceptors (Lipinski definition) is 3. The van der Waals surface area contributed by atoms with E-state index in [0.29, 0.717) is 6.61 Å². The summed E-state index contributed by atoms with van der Waals surface area (Å²) >= 11 is 7.02. The molecule has 0 saturated carbocycles. The second-order valence-corrected chi connectivity index (χ2v) is 6.11. The number of hydrogen-bond donors (Lipinski definition) is 1. The fourth-order valence-electron chi connectivity index (χ4n) is 1.95. The van der Waals surface area contributed by atoms with Gasteiger partial charge in [0.25, 0.3) is 0 Å². The van der Waals surface area contributed by atoms with Gasteiger partial charge in [0.15, 0.2) is 0 Å². The molecule has 0 aliphatic carbocycles. The molecular weight excluding hydrogens is 398 g/mol. The van der Waals surface area contributed by atoms with Gasteiger partial charge in [-0.25, -0.2) is 0 Å². The van der Waals surface area contributed by atoms with Crippen molar-refractivity contribution in [1.29, 1.82) is 0 Å². The molecule has 112 valence electrons.